The predicted molar refractivity (Wildman–Crippen MR) is 119 cm³/mol. The second-order valence-corrected chi connectivity index (χ2v) is 8.53. The SMILES string of the molecule is O=C(N[C@H]1CCN(C(=O)N2CCC(NC(=O)C(F)(F)F)C2)C1)c1ccc(-c2ccccc2)cc1. The lowest BCUT2D eigenvalue weighted by atomic mass is 10.0. The van der Waals surface area contributed by atoms with Gasteiger partial charge in [0.2, 0.25) is 0 Å². The molecule has 10 heteroatoms. The molecule has 0 spiro atoms. The number of likely N-dealkylation sites (tertiary alicyclic amines) is 2. The van der Waals surface area contributed by atoms with Gasteiger partial charge in [-0.15, -0.1) is 0 Å². The van der Waals surface area contributed by atoms with Crippen molar-refractivity contribution < 1.29 is 27.6 Å². The predicted octanol–water partition coefficient (Wildman–Crippen LogP) is 3.03. The van der Waals surface area contributed by atoms with Crippen LogP contribution < -0.4 is 10.6 Å². The Morgan fingerprint density at radius 2 is 1.29 bits per heavy atom. The lowest BCUT2D eigenvalue weighted by molar-refractivity contribution is -0.174. The highest BCUT2D eigenvalue weighted by molar-refractivity contribution is 5.95. The maximum Gasteiger partial charge on any atom is 0.471 e. The van der Waals surface area contributed by atoms with E-state index in [1.54, 1.807) is 17.0 Å². The van der Waals surface area contributed by atoms with Gasteiger partial charge in [0.1, 0.15) is 0 Å². The number of alkyl halides is 3. The molecule has 2 heterocycles. The molecule has 4 amide bonds. The van der Waals surface area contributed by atoms with Gasteiger partial charge in [-0.05, 0) is 36.1 Å². The molecule has 34 heavy (non-hydrogen) atoms. The number of carbonyl (C=O) groups excluding carboxylic acids is 3. The molecule has 2 N–H and O–H groups in total. The third-order valence-corrected chi connectivity index (χ3v) is 6.10. The van der Waals surface area contributed by atoms with E-state index in [-0.39, 0.29) is 37.5 Å². The number of hydrogen-bond acceptors (Lipinski definition) is 3. The molecular weight excluding hydrogens is 449 g/mol. The van der Waals surface area contributed by atoms with Crippen LogP contribution >= 0.6 is 0 Å². The lowest BCUT2D eigenvalue weighted by Crippen LogP contribution is -2.47. The van der Waals surface area contributed by atoms with Gasteiger partial charge in [-0.3, -0.25) is 9.59 Å². The lowest BCUT2D eigenvalue weighted by Gasteiger charge is -2.24. The largest absolute Gasteiger partial charge is 0.471 e. The summed E-state index contributed by atoms with van der Waals surface area (Å²) < 4.78 is 37.3. The number of rotatable bonds is 4. The zero-order valence-corrected chi connectivity index (χ0v) is 18.3. The number of halogens is 3. The Balaban J connectivity index is 1.26. The average molecular weight is 474 g/mol. The van der Waals surface area contributed by atoms with Crippen LogP contribution in [-0.2, 0) is 4.79 Å². The monoisotopic (exact) mass is 474 g/mol. The second-order valence-electron chi connectivity index (χ2n) is 8.53. The van der Waals surface area contributed by atoms with Crippen molar-refractivity contribution in [3.8, 4) is 11.1 Å². The van der Waals surface area contributed by atoms with Crippen LogP contribution in [0, 0.1) is 0 Å². The van der Waals surface area contributed by atoms with Crippen molar-refractivity contribution in [3.63, 3.8) is 0 Å². The maximum absolute atomic E-state index is 12.8. The summed E-state index contributed by atoms with van der Waals surface area (Å²) in [7, 11) is 0. The van der Waals surface area contributed by atoms with Crippen LogP contribution in [0.3, 0.4) is 0 Å². The van der Waals surface area contributed by atoms with Crippen molar-refractivity contribution >= 4 is 17.8 Å². The fraction of sp³-hybridized carbons (Fsp3) is 0.375. The van der Waals surface area contributed by atoms with Crippen LogP contribution in [0.1, 0.15) is 23.2 Å². The fourth-order valence-corrected chi connectivity index (χ4v) is 4.28. The molecule has 0 aliphatic carbocycles. The number of nitrogens with one attached hydrogen (secondary N) is 2. The highest BCUT2D eigenvalue weighted by Crippen LogP contribution is 2.21. The zero-order chi connectivity index (χ0) is 24.3. The highest BCUT2D eigenvalue weighted by atomic mass is 19.4. The third-order valence-electron chi connectivity index (χ3n) is 6.10. The minimum atomic E-state index is -4.94. The Kier molecular flexibility index (Phi) is 6.76. The van der Waals surface area contributed by atoms with E-state index in [1.165, 1.54) is 4.90 Å². The van der Waals surface area contributed by atoms with Gasteiger partial charge in [0.15, 0.2) is 0 Å². The molecule has 2 aromatic rings. The van der Waals surface area contributed by atoms with Gasteiger partial charge in [0, 0.05) is 43.8 Å². The summed E-state index contributed by atoms with van der Waals surface area (Å²) in [6.45, 7) is 1.06. The Labute approximate surface area is 194 Å². The minimum Gasteiger partial charge on any atom is -0.347 e. The van der Waals surface area contributed by atoms with E-state index in [0.29, 0.717) is 25.1 Å². The third kappa shape index (κ3) is 5.49. The molecule has 4 rings (SSSR count). The van der Waals surface area contributed by atoms with Crippen LogP contribution in [0.5, 0.6) is 0 Å². The van der Waals surface area contributed by atoms with Crippen molar-refractivity contribution in [3.05, 3.63) is 60.2 Å². The van der Waals surface area contributed by atoms with E-state index in [9.17, 15) is 27.6 Å². The number of nitrogens with zero attached hydrogens (tertiary/aromatic N) is 2. The first kappa shape index (κ1) is 23.6. The highest BCUT2D eigenvalue weighted by Gasteiger charge is 2.41. The van der Waals surface area contributed by atoms with Crippen molar-refractivity contribution in [2.75, 3.05) is 26.2 Å². The summed E-state index contributed by atoms with van der Waals surface area (Å²) >= 11 is 0. The first-order chi connectivity index (χ1) is 16.2. The van der Waals surface area contributed by atoms with Gasteiger partial charge in [-0.25, -0.2) is 4.79 Å². The molecule has 7 nitrogen and oxygen atoms in total. The number of amides is 4. The molecule has 2 aliphatic rings. The summed E-state index contributed by atoms with van der Waals surface area (Å²) in [5.74, 6) is -2.22. The average Bonchev–Trinajstić information content (AvgIpc) is 3.48. The van der Waals surface area contributed by atoms with Crippen LogP contribution in [0.15, 0.2) is 54.6 Å². The minimum absolute atomic E-state index is 0.0297. The van der Waals surface area contributed by atoms with Gasteiger partial charge in [0.25, 0.3) is 5.91 Å². The van der Waals surface area contributed by atoms with Crippen LogP contribution in [0.2, 0.25) is 0 Å². The van der Waals surface area contributed by atoms with E-state index in [2.05, 4.69) is 5.32 Å². The zero-order valence-electron chi connectivity index (χ0n) is 18.3. The fourth-order valence-electron chi connectivity index (χ4n) is 4.28. The molecule has 2 atom stereocenters. The Morgan fingerprint density at radius 3 is 1.85 bits per heavy atom. The van der Waals surface area contributed by atoms with E-state index >= 15 is 0 Å². The second kappa shape index (κ2) is 9.74. The molecular formula is C24H25F3N4O3. The van der Waals surface area contributed by atoms with Crippen molar-refractivity contribution in [2.45, 2.75) is 31.1 Å². The molecule has 2 fully saturated rings. The van der Waals surface area contributed by atoms with Crippen molar-refractivity contribution in [2.24, 2.45) is 0 Å². The van der Waals surface area contributed by atoms with Crippen molar-refractivity contribution in [1.29, 1.82) is 0 Å². The standard InChI is InChI=1S/C24H25F3N4O3/c25-24(26,27)22(33)29-20-11-13-31(15-20)23(34)30-12-10-19(14-30)28-21(32)18-8-6-17(7-9-18)16-4-2-1-3-5-16/h1-9,19-20H,10-15H2,(H,28,32)(H,29,33)/t19-,20?/m0/s1. The molecule has 2 aliphatic heterocycles. The smallest absolute Gasteiger partial charge is 0.347 e. The van der Waals surface area contributed by atoms with Crippen molar-refractivity contribution in [1.82, 2.24) is 20.4 Å². The number of urea groups is 1. The van der Waals surface area contributed by atoms with Gasteiger partial charge in [-0.2, -0.15) is 13.2 Å². The van der Waals surface area contributed by atoms with Crippen LogP contribution in [-0.4, -0.2) is 72.1 Å². The first-order valence-electron chi connectivity index (χ1n) is 11.1. The number of hydrogen-bond donors (Lipinski definition) is 2. The number of benzene rings is 2. The summed E-state index contributed by atoms with van der Waals surface area (Å²) in [6, 6.07) is 15.9. The molecule has 2 aromatic carbocycles. The summed E-state index contributed by atoms with van der Waals surface area (Å²) in [5.41, 5.74) is 2.58. The molecule has 0 aromatic heterocycles. The van der Waals surface area contributed by atoms with Gasteiger partial charge < -0.3 is 20.4 Å². The molecule has 0 radical (unpaired) electrons. The van der Waals surface area contributed by atoms with Crippen LogP contribution in [0.25, 0.3) is 11.1 Å². The quantitative estimate of drug-likeness (QED) is 0.715. The van der Waals surface area contributed by atoms with E-state index in [0.717, 1.165) is 11.1 Å². The Hall–Kier alpha value is -3.56. The number of carbonyl (C=O) groups is 3. The first-order valence-corrected chi connectivity index (χ1v) is 11.1. The molecule has 0 saturated carbocycles. The van der Waals surface area contributed by atoms with E-state index < -0.39 is 18.1 Å². The Morgan fingerprint density at radius 1 is 0.765 bits per heavy atom. The molecule has 2 saturated heterocycles. The molecule has 0 bridgehead atoms. The summed E-state index contributed by atoms with van der Waals surface area (Å²) in [5, 5.41) is 4.88. The summed E-state index contributed by atoms with van der Waals surface area (Å²) in [4.78, 5) is 39.5. The maximum atomic E-state index is 12.8. The normalized spacial score (nSPS) is 20.3. The Bertz CT molecular complexity index is 1040. The van der Waals surface area contributed by atoms with Gasteiger partial charge in [0.05, 0.1) is 0 Å². The van der Waals surface area contributed by atoms with Crippen LogP contribution in [0.4, 0.5) is 18.0 Å². The molecule has 180 valence electrons. The molecule has 1 unspecified atom stereocenters. The topological polar surface area (TPSA) is 81.8 Å². The van der Waals surface area contributed by atoms with Gasteiger partial charge in [-0.1, -0.05) is 42.5 Å². The van der Waals surface area contributed by atoms with E-state index in [1.807, 2.05) is 47.8 Å². The summed E-state index contributed by atoms with van der Waals surface area (Å²) in [6.07, 6.45) is -4.10. The van der Waals surface area contributed by atoms with E-state index in [4.69, 9.17) is 0 Å². The van der Waals surface area contributed by atoms with Gasteiger partial charge >= 0.3 is 18.1 Å².